The molecule has 1 aromatic rings. The van der Waals surface area contributed by atoms with Gasteiger partial charge < -0.3 is 9.30 Å². The van der Waals surface area contributed by atoms with Crippen molar-refractivity contribution in [2.75, 3.05) is 6.61 Å². The van der Waals surface area contributed by atoms with Crippen molar-refractivity contribution < 1.29 is 19.1 Å². The van der Waals surface area contributed by atoms with Crippen LogP contribution in [0.1, 0.15) is 23.5 Å². The fourth-order valence-corrected chi connectivity index (χ4v) is 1.62. The third-order valence-corrected chi connectivity index (χ3v) is 2.28. The van der Waals surface area contributed by atoms with E-state index >= 15 is 0 Å². The van der Waals surface area contributed by atoms with Crippen molar-refractivity contribution in [2.24, 2.45) is 0 Å². The molecule has 2 rings (SSSR count). The summed E-state index contributed by atoms with van der Waals surface area (Å²) in [6.07, 6.45) is 1.51. The van der Waals surface area contributed by atoms with Crippen LogP contribution >= 0.6 is 0 Å². The average Bonchev–Trinajstić information content (AvgIpc) is 2.66. The molecule has 1 aromatic heterocycles. The van der Waals surface area contributed by atoms with Crippen molar-refractivity contribution in [2.45, 2.75) is 13.0 Å². The molecule has 1 unspecified atom stereocenters. The maximum absolute atomic E-state index is 11.6. The predicted molar refractivity (Wildman–Crippen MR) is 52.6 cm³/mol. The number of carbonyl (C=O) groups excluding carboxylic acids is 3. The standard InChI is InChI=1S/C10H10N2O4/c1-2-16-10(15)7-9(14)11-8(13)6-4-3-5-12(6)7/h3-5,7H,2H2,1H3,(H,11,13,14). The minimum absolute atomic E-state index is 0.188. The number of hydrogen-bond donors (Lipinski definition) is 1. The molecule has 2 amide bonds. The zero-order valence-electron chi connectivity index (χ0n) is 8.60. The Morgan fingerprint density at radius 2 is 2.31 bits per heavy atom. The second-order valence-electron chi connectivity index (χ2n) is 3.27. The maximum atomic E-state index is 11.6. The van der Waals surface area contributed by atoms with E-state index in [1.54, 1.807) is 13.0 Å². The molecule has 0 aliphatic carbocycles. The van der Waals surface area contributed by atoms with E-state index in [-0.39, 0.29) is 12.3 Å². The Balaban J connectivity index is 2.40. The topological polar surface area (TPSA) is 77.4 Å². The van der Waals surface area contributed by atoms with Gasteiger partial charge in [-0.1, -0.05) is 0 Å². The van der Waals surface area contributed by atoms with Crippen LogP contribution in [-0.2, 0) is 14.3 Å². The molecule has 0 spiro atoms. The van der Waals surface area contributed by atoms with E-state index in [0.717, 1.165) is 0 Å². The van der Waals surface area contributed by atoms with Gasteiger partial charge in [0.1, 0.15) is 5.69 Å². The van der Waals surface area contributed by atoms with E-state index in [4.69, 9.17) is 4.74 Å². The van der Waals surface area contributed by atoms with Gasteiger partial charge in [-0.25, -0.2) is 4.79 Å². The SMILES string of the molecule is CCOC(=O)C1C(=O)NC(=O)c2cccn21. The Morgan fingerprint density at radius 1 is 1.56 bits per heavy atom. The molecule has 1 N–H and O–H groups in total. The zero-order chi connectivity index (χ0) is 11.7. The highest BCUT2D eigenvalue weighted by molar-refractivity contribution is 6.13. The molecular weight excluding hydrogens is 212 g/mol. The van der Waals surface area contributed by atoms with E-state index in [9.17, 15) is 14.4 Å². The highest BCUT2D eigenvalue weighted by atomic mass is 16.5. The quantitative estimate of drug-likeness (QED) is 0.429. The highest BCUT2D eigenvalue weighted by Gasteiger charge is 2.37. The third kappa shape index (κ3) is 1.48. The molecule has 0 bridgehead atoms. The summed E-state index contributed by atoms with van der Waals surface area (Å²) < 4.78 is 6.10. The van der Waals surface area contributed by atoms with Crippen LogP contribution in [0.4, 0.5) is 0 Å². The molecule has 1 aliphatic rings. The van der Waals surface area contributed by atoms with Crippen LogP contribution in [-0.4, -0.2) is 29.0 Å². The number of nitrogens with one attached hydrogen (secondary N) is 1. The van der Waals surface area contributed by atoms with Crippen LogP contribution in [0.2, 0.25) is 0 Å². The molecule has 6 heteroatoms. The number of amides is 2. The molecule has 2 heterocycles. The van der Waals surface area contributed by atoms with Gasteiger partial charge in [0.15, 0.2) is 0 Å². The number of nitrogens with zero attached hydrogens (tertiary/aromatic N) is 1. The van der Waals surface area contributed by atoms with Crippen molar-refractivity contribution in [1.82, 2.24) is 9.88 Å². The van der Waals surface area contributed by atoms with E-state index in [1.807, 2.05) is 0 Å². The van der Waals surface area contributed by atoms with Crippen LogP contribution < -0.4 is 5.32 Å². The summed E-state index contributed by atoms with van der Waals surface area (Å²) in [5.41, 5.74) is 0.276. The van der Waals surface area contributed by atoms with Crippen molar-refractivity contribution in [3.63, 3.8) is 0 Å². The van der Waals surface area contributed by atoms with Gasteiger partial charge in [-0.2, -0.15) is 0 Å². The van der Waals surface area contributed by atoms with E-state index in [1.165, 1.54) is 16.8 Å². The number of carbonyl (C=O) groups is 3. The Labute approximate surface area is 91.2 Å². The molecule has 0 aromatic carbocycles. The normalized spacial score (nSPS) is 18.9. The molecule has 0 saturated carbocycles. The molecule has 0 radical (unpaired) electrons. The Kier molecular flexibility index (Phi) is 2.47. The molecule has 84 valence electrons. The van der Waals surface area contributed by atoms with E-state index < -0.39 is 23.8 Å². The van der Waals surface area contributed by atoms with Crippen molar-refractivity contribution in [3.8, 4) is 0 Å². The third-order valence-electron chi connectivity index (χ3n) is 2.28. The molecule has 1 aliphatic heterocycles. The lowest BCUT2D eigenvalue weighted by Gasteiger charge is -2.22. The number of ether oxygens (including phenoxy) is 1. The van der Waals surface area contributed by atoms with Crippen LogP contribution in [0.5, 0.6) is 0 Å². The number of fused-ring (bicyclic) bond motifs is 1. The van der Waals surface area contributed by atoms with Gasteiger partial charge in [0.05, 0.1) is 6.61 Å². The highest BCUT2D eigenvalue weighted by Crippen LogP contribution is 2.18. The Bertz CT molecular complexity index is 463. The maximum Gasteiger partial charge on any atom is 0.339 e. The fraction of sp³-hybridized carbons (Fsp3) is 0.300. The minimum atomic E-state index is -1.11. The first-order chi connectivity index (χ1) is 7.65. The Morgan fingerprint density at radius 3 is 3.00 bits per heavy atom. The lowest BCUT2D eigenvalue weighted by Crippen LogP contribution is -2.47. The predicted octanol–water partition coefficient (Wildman–Crippen LogP) is -0.138. The van der Waals surface area contributed by atoms with Crippen molar-refractivity contribution in [3.05, 3.63) is 24.0 Å². The monoisotopic (exact) mass is 222 g/mol. The van der Waals surface area contributed by atoms with Crippen LogP contribution in [0, 0.1) is 0 Å². The first kappa shape index (κ1) is 10.4. The molecule has 0 fully saturated rings. The van der Waals surface area contributed by atoms with Crippen LogP contribution in [0.25, 0.3) is 0 Å². The largest absolute Gasteiger partial charge is 0.464 e. The fourth-order valence-electron chi connectivity index (χ4n) is 1.62. The first-order valence-corrected chi connectivity index (χ1v) is 4.83. The summed E-state index contributed by atoms with van der Waals surface area (Å²) in [5, 5.41) is 2.11. The molecule has 1 atom stereocenters. The molecule has 16 heavy (non-hydrogen) atoms. The molecule has 0 saturated heterocycles. The van der Waals surface area contributed by atoms with Gasteiger partial charge in [-0.3, -0.25) is 14.9 Å². The summed E-state index contributed by atoms with van der Waals surface area (Å²) in [6, 6.07) is 2.02. The minimum Gasteiger partial charge on any atom is -0.464 e. The number of rotatable bonds is 2. The van der Waals surface area contributed by atoms with Gasteiger partial charge in [0.2, 0.25) is 6.04 Å². The lowest BCUT2D eigenvalue weighted by atomic mass is 10.2. The van der Waals surface area contributed by atoms with Gasteiger partial charge >= 0.3 is 5.97 Å². The number of imide groups is 1. The lowest BCUT2D eigenvalue weighted by molar-refractivity contribution is -0.151. The van der Waals surface area contributed by atoms with Crippen molar-refractivity contribution >= 4 is 17.8 Å². The molecular formula is C10H10N2O4. The summed E-state index contributed by atoms with van der Waals surface area (Å²) >= 11 is 0. The molecule has 6 nitrogen and oxygen atoms in total. The van der Waals surface area contributed by atoms with E-state index in [2.05, 4.69) is 5.32 Å². The van der Waals surface area contributed by atoms with Gasteiger partial charge in [-0.05, 0) is 19.1 Å². The average molecular weight is 222 g/mol. The van der Waals surface area contributed by atoms with Crippen molar-refractivity contribution in [1.29, 1.82) is 0 Å². The summed E-state index contributed by atoms with van der Waals surface area (Å²) in [5.74, 6) is -1.83. The van der Waals surface area contributed by atoms with E-state index in [0.29, 0.717) is 0 Å². The number of aromatic nitrogens is 1. The van der Waals surface area contributed by atoms with Gasteiger partial charge in [-0.15, -0.1) is 0 Å². The number of hydrogen-bond acceptors (Lipinski definition) is 4. The van der Waals surface area contributed by atoms with Gasteiger partial charge in [0.25, 0.3) is 11.8 Å². The first-order valence-electron chi connectivity index (χ1n) is 4.83. The smallest absolute Gasteiger partial charge is 0.339 e. The number of esters is 1. The second-order valence-corrected chi connectivity index (χ2v) is 3.27. The summed E-state index contributed by atoms with van der Waals surface area (Å²) in [6.45, 7) is 1.84. The van der Waals surface area contributed by atoms with Gasteiger partial charge in [0, 0.05) is 6.20 Å². The summed E-state index contributed by atoms with van der Waals surface area (Å²) in [4.78, 5) is 34.5. The van der Waals surface area contributed by atoms with Crippen LogP contribution in [0.15, 0.2) is 18.3 Å². The second kappa shape index (κ2) is 3.80. The zero-order valence-corrected chi connectivity index (χ0v) is 8.60. The Hall–Kier alpha value is -2.11. The van der Waals surface area contributed by atoms with Crippen LogP contribution in [0.3, 0.4) is 0 Å². The summed E-state index contributed by atoms with van der Waals surface area (Å²) in [7, 11) is 0.